The molecule has 41 heavy (non-hydrogen) atoms. The van der Waals surface area contributed by atoms with E-state index in [0.717, 1.165) is 17.3 Å². The lowest BCUT2D eigenvalue weighted by molar-refractivity contribution is -0.300. The zero-order valence-corrected chi connectivity index (χ0v) is 22.2. The van der Waals surface area contributed by atoms with Gasteiger partial charge in [-0.2, -0.15) is 13.2 Å². The van der Waals surface area contributed by atoms with E-state index in [-0.39, 0.29) is 12.0 Å². The molecule has 1 aliphatic carbocycles. The predicted octanol–water partition coefficient (Wildman–Crippen LogP) is 4.49. The Kier molecular flexibility index (Phi) is 5.84. The summed E-state index contributed by atoms with van der Waals surface area (Å²) in [7, 11) is 0. The number of aliphatic hydroxyl groups is 1. The van der Waals surface area contributed by atoms with E-state index in [4.69, 9.17) is 11.6 Å². The minimum absolute atomic E-state index is 0.110. The van der Waals surface area contributed by atoms with Crippen molar-refractivity contribution in [1.82, 2.24) is 24.6 Å². The molecule has 0 bridgehead atoms. The third-order valence-electron chi connectivity index (χ3n) is 8.68. The van der Waals surface area contributed by atoms with Crippen LogP contribution in [0.15, 0.2) is 30.3 Å². The zero-order chi connectivity index (χ0) is 28.9. The molecular formula is C26H24ClF6N7O. The van der Waals surface area contributed by atoms with Crippen LogP contribution < -0.4 is 9.80 Å². The molecule has 0 amide bonds. The van der Waals surface area contributed by atoms with Gasteiger partial charge in [-0.05, 0) is 35.9 Å². The highest BCUT2D eigenvalue weighted by atomic mass is 35.5. The third kappa shape index (κ3) is 4.24. The molecule has 2 aromatic heterocycles. The summed E-state index contributed by atoms with van der Waals surface area (Å²) in [5.41, 5.74) is -2.07. The molecule has 0 atom stereocenters. The molecule has 3 aliphatic heterocycles. The largest absolute Gasteiger partial charge is 0.417 e. The van der Waals surface area contributed by atoms with E-state index in [9.17, 15) is 31.4 Å². The van der Waals surface area contributed by atoms with Crippen LogP contribution in [-0.4, -0.2) is 73.8 Å². The van der Waals surface area contributed by atoms with E-state index in [1.54, 1.807) is 12.1 Å². The summed E-state index contributed by atoms with van der Waals surface area (Å²) in [5, 5.41) is 19.3. The Morgan fingerprint density at radius 2 is 1.68 bits per heavy atom. The average molecular weight is 600 g/mol. The van der Waals surface area contributed by atoms with Crippen molar-refractivity contribution in [3.8, 4) is 5.69 Å². The number of alkyl halides is 5. The maximum Gasteiger partial charge on any atom is 0.417 e. The van der Waals surface area contributed by atoms with Gasteiger partial charge in [-0.15, -0.1) is 10.2 Å². The number of hydrogen-bond acceptors (Lipinski definition) is 7. The molecular weight excluding hydrogens is 576 g/mol. The number of aromatic nitrogens is 4. The molecule has 1 N–H and O–H groups in total. The Labute approximate surface area is 235 Å². The SMILES string of the molecule is OC1(C(F)(F)F)CC(N2Cc3cc(Cl)ccc3-n3c(nnc3N3CC4(CN(c5ccc(F)c(C(F)F)n5)C4)C3)C2)C1. The number of hydrogen-bond donors (Lipinski definition) is 1. The Balaban J connectivity index is 1.10. The lowest BCUT2D eigenvalue weighted by Gasteiger charge is -2.60. The van der Waals surface area contributed by atoms with Crippen LogP contribution in [-0.2, 0) is 13.1 Å². The van der Waals surface area contributed by atoms with Gasteiger partial charge in [0.15, 0.2) is 17.2 Å². The maximum atomic E-state index is 13.7. The summed E-state index contributed by atoms with van der Waals surface area (Å²) in [6.45, 7) is 2.96. The molecule has 1 spiro atoms. The molecule has 0 radical (unpaired) electrons. The third-order valence-corrected chi connectivity index (χ3v) is 8.92. The van der Waals surface area contributed by atoms with Crippen LogP contribution in [0.1, 0.15) is 36.3 Å². The van der Waals surface area contributed by atoms with E-state index in [0.29, 0.717) is 55.3 Å². The fraction of sp³-hybridized carbons (Fsp3) is 0.500. The lowest BCUT2D eigenvalue weighted by atomic mass is 9.73. The van der Waals surface area contributed by atoms with Gasteiger partial charge in [0.25, 0.3) is 6.43 Å². The second-order valence-corrected chi connectivity index (χ2v) is 12.0. The van der Waals surface area contributed by atoms with Gasteiger partial charge in [0.2, 0.25) is 5.95 Å². The van der Waals surface area contributed by atoms with Crippen LogP contribution in [0.4, 0.5) is 38.1 Å². The highest BCUT2D eigenvalue weighted by molar-refractivity contribution is 6.30. The van der Waals surface area contributed by atoms with E-state index in [1.165, 1.54) is 6.07 Å². The lowest BCUT2D eigenvalue weighted by Crippen LogP contribution is -2.73. The van der Waals surface area contributed by atoms with Crippen molar-refractivity contribution in [3.05, 3.63) is 58.3 Å². The highest BCUT2D eigenvalue weighted by Crippen LogP contribution is 2.49. The fourth-order valence-electron chi connectivity index (χ4n) is 6.49. The molecule has 2 saturated heterocycles. The van der Waals surface area contributed by atoms with Crippen LogP contribution in [0.5, 0.6) is 0 Å². The normalized spacial score (nSPS) is 25.3. The molecule has 3 fully saturated rings. The van der Waals surface area contributed by atoms with Crippen LogP contribution in [0.2, 0.25) is 5.02 Å². The van der Waals surface area contributed by atoms with Gasteiger partial charge < -0.3 is 14.9 Å². The second kappa shape index (κ2) is 8.95. The molecule has 218 valence electrons. The van der Waals surface area contributed by atoms with Crippen molar-refractivity contribution >= 4 is 23.4 Å². The molecule has 5 heterocycles. The number of anilines is 2. The number of benzene rings is 1. The molecule has 1 saturated carbocycles. The predicted molar refractivity (Wildman–Crippen MR) is 136 cm³/mol. The molecule has 1 aromatic carbocycles. The summed E-state index contributed by atoms with van der Waals surface area (Å²) in [4.78, 5) is 9.57. The summed E-state index contributed by atoms with van der Waals surface area (Å²) < 4.78 is 81.6. The van der Waals surface area contributed by atoms with Crippen LogP contribution in [0, 0.1) is 11.2 Å². The Morgan fingerprint density at radius 3 is 2.37 bits per heavy atom. The summed E-state index contributed by atoms with van der Waals surface area (Å²) in [6, 6.07) is 7.27. The Bertz CT molecular complexity index is 1510. The van der Waals surface area contributed by atoms with Crippen LogP contribution in [0.25, 0.3) is 5.69 Å². The standard InChI is InChI=1S/C26H24ClF6N7O/c27-15-1-3-18-14(5-15)8-37(16-6-25(41,7-16)26(31,32)33)9-20-35-36-23(40(18)20)39-12-24(13-39)10-38(11-24)19-4-2-17(28)21(34-19)22(29)30/h1-5,16,22,41H,6-13H2. The Morgan fingerprint density at radius 1 is 0.976 bits per heavy atom. The van der Waals surface area contributed by atoms with E-state index < -0.39 is 48.6 Å². The first-order valence-corrected chi connectivity index (χ1v) is 13.4. The van der Waals surface area contributed by atoms with E-state index >= 15 is 0 Å². The van der Waals surface area contributed by atoms with Gasteiger partial charge in [0.1, 0.15) is 11.5 Å². The quantitative estimate of drug-likeness (QED) is 0.443. The smallest absolute Gasteiger partial charge is 0.380 e. The number of halogens is 7. The van der Waals surface area contributed by atoms with E-state index in [1.807, 2.05) is 20.4 Å². The van der Waals surface area contributed by atoms with Gasteiger partial charge >= 0.3 is 6.18 Å². The van der Waals surface area contributed by atoms with Crippen molar-refractivity contribution in [2.75, 3.05) is 36.0 Å². The first-order valence-electron chi connectivity index (χ1n) is 13.1. The molecule has 0 unspecified atom stereocenters. The van der Waals surface area contributed by atoms with E-state index in [2.05, 4.69) is 20.1 Å². The monoisotopic (exact) mass is 599 g/mol. The van der Waals surface area contributed by atoms with Gasteiger partial charge in [-0.3, -0.25) is 9.47 Å². The fourth-order valence-corrected chi connectivity index (χ4v) is 6.69. The minimum Gasteiger partial charge on any atom is -0.380 e. The first kappa shape index (κ1) is 26.8. The van der Waals surface area contributed by atoms with Gasteiger partial charge in [-0.25, -0.2) is 18.2 Å². The molecule has 7 rings (SSSR count). The molecule has 3 aromatic rings. The molecule has 15 heteroatoms. The van der Waals surface area contributed by atoms with Gasteiger partial charge in [0.05, 0.1) is 12.2 Å². The van der Waals surface area contributed by atoms with Crippen LogP contribution >= 0.6 is 11.6 Å². The first-order chi connectivity index (χ1) is 19.3. The zero-order valence-electron chi connectivity index (χ0n) is 21.4. The van der Waals surface area contributed by atoms with Gasteiger partial charge in [0, 0.05) is 62.0 Å². The van der Waals surface area contributed by atoms with Crippen molar-refractivity contribution in [2.24, 2.45) is 5.41 Å². The summed E-state index contributed by atoms with van der Waals surface area (Å²) in [6.07, 6.45) is -8.52. The summed E-state index contributed by atoms with van der Waals surface area (Å²) in [5.74, 6) is 0.431. The number of fused-ring (bicyclic) bond motifs is 3. The van der Waals surface area contributed by atoms with Crippen LogP contribution in [0.3, 0.4) is 0 Å². The topological polar surface area (TPSA) is 73.6 Å². The average Bonchev–Trinajstić information content (AvgIpc) is 3.15. The Hall–Kier alpha value is -3.10. The highest BCUT2D eigenvalue weighted by Gasteiger charge is 2.62. The van der Waals surface area contributed by atoms with Crippen molar-refractivity contribution < 1.29 is 31.4 Å². The maximum absolute atomic E-state index is 13.7. The van der Waals surface area contributed by atoms with Crippen molar-refractivity contribution in [2.45, 2.75) is 50.2 Å². The number of pyridine rings is 1. The minimum atomic E-state index is -4.69. The number of rotatable bonds is 4. The molecule has 8 nitrogen and oxygen atoms in total. The molecule has 4 aliphatic rings. The van der Waals surface area contributed by atoms with Crippen molar-refractivity contribution in [1.29, 1.82) is 0 Å². The van der Waals surface area contributed by atoms with Crippen molar-refractivity contribution in [3.63, 3.8) is 0 Å². The number of nitrogens with zero attached hydrogens (tertiary/aromatic N) is 7. The summed E-state index contributed by atoms with van der Waals surface area (Å²) >= 11 is 6.29. The van der Waals surface area contributed by atoms with Gasteiger partial charge in [-0.1, -0.05) is 11.6 Å². The second-order valence-electron chi connectivity index (χ2n) is 11.6.